The maximum atomic E-state index is 12.7. The van der Waals surface area contributed by atoms with Crippen molar-refractivity contribution in [1.29, 1.82) is 0 Å². The van der Waals surface area contributed by atoms with Gasteiger partial charge < -0.3 is 19.9 Å². The fourth-order valence-electron chi connectivity index (χ4n) is 2.94. The molecule has 1 aromatic heterocycles. The largest absolute Gasteiger partial charge is 0.493 e. The van der Waals surface area contributed by atoms with Crippen LogP contribution in [0.15, 0.2) is 27.8 Å². The van der Waals surface area contributed by atoms with Gasteiger partial charge >= 0.3 is 11.7 Å². The van der Waals surface area contributed by atoms with Crippen LogP contribution in [0.1, 0.15) is 41.5 Å². The molecule has 0 aliphatic carbocycles. The van der Waals surface area contributed by atoms with Crippen molar-refractivity contribution in [3.05, 3.63) is 50.2 Å². The van der Waals surface area contributed by atoms with Crippen LogP contribution in [0.4, 0.5) is 5.82 Å². The molecule has 10 heteroatoms. The van der Waals surface area contributed by atoms with Crippen LogP contribution in [0.5, 0.6) is 11.5 Å². The van der Waals surface area contributed by atoms with Gasteiger partial charge in [-0.1, -0.05) is 13.8 Å². The van der Waals surface area contributed by atoms with Crippen LogP contribution >= 0.6 is 0 Å². The van der Waals surface area contributed by atoms with Gasteiger partial charge in [0.15, 0.2) is 18.1 Å². The number of nitrogens with zero attached hydrogens (tertiary/aromatic N) is 2. The van der Waals surface area contributed by atoms with Gasteiger partial charge in [0.2, 0.25) is 5.78 Å². The summed E-state index contributed by atoms with van der Waals surface area (Å²) in [5.41, 5.74) is 4.25. The number of ketones is 1. The third-order valence-corrected chi connectivity index (χ3v) is 4.44. The van der Waals surface area contributed by atoms with E-state index in [1.54, 1.807) is 6.07 Å². The van der Waals surface area contributed by atoms with Gasteiger partial charge in [0.05, 0.1) is 19.3 Å². The van der Waals surface area contributed by atoms with Crippen molar-refractivity contribution in [1.82, 2.24) is 9.13 Å². The Morgan fingerprint density at radius 2 is 1.84 bits per heavy atom. The Morgan fingerprint density at radius 3 is 2.42 bits per heavy atom. The summed E-state index contributed by atoms with van der Waals surface area (Å²) in [6.45, 7) is 5.48. The smallest absolute Gasteiger partial charge is 0.338 e. The third-order valence-electron chi connectivity index (χ3n) is 4.44. The summed E-state index contributed by atoms with van der Waals surface area (Å²) in [7, 11) is 2.69. The fraction of sp³-hybridized carbons (Fsp3) is 0.429. The highest BCUT2D eigenvalue weighted by Crippen LogP contribution is 2.28. The Labute approximate surface area is 179 Å². The predicted octanol–water partition coefficient (Wildman–Crippen LogP) is 1.23. The van der Waals surface area contributed by atoms with Crippen LogP contribution in [0.25, 0.3) is 0 Å². The lowest BCUT2D eigenvalue weighted by atomic mass is 10.1. The van der Waals surface area contributed by atoms with E-state index in [2.05, 4.69) is 0 Å². The number of Topliss-reactive ketones (excluding diaryl/α,β-unsaturated/α-hetero) is 1. The molecule has 0 radical (unpaired) electrons. The summed E-state index contributed by atoms with van der Waals surface area (Å²) in [4.78, 5) is 49.8. The number of hydrogen-bond acceptors (Lipinski definition) is 8. The van der Waals surface area contributed by atoms with E-state index in [1.165, 1.54) is 30.9 Å². The molecule has 10 nitrogen and oxygen atoms in total. The van der Waals surface area contributed by atoms with Crippen LogP contribution in [0.2, 0.25) is 0 Å². The first-order chi connectivity index (χ1) is 14.6. The zero-order valence-corrected chi connectivity index (χ0v) is 18.3. The van der Waals surface area contributed by atoms with E-state index in [-0.39, 0.29) is 29.4 Å². The molecule has 0 fully saturated rings. The van der Waals surface area contributed by atoms with E-state index in [4.69, 9.17) is 19.9 Å². The zero-order chi connectivity index (χ0) is 23.3. The van der Waals surface area contributed by atoms with Gasteiger partial charge in [-0.3, -0.25) is 18.7 Å². The summed E-state index contributed by atoms with van der Waals surface area (Å²) in [6.07, 6.45) is 0. The molecule has 0 saturated heterocycles. The minimum absolute atomic E-state index is 0.0490. The van der Waals surface area contributed by atoms with E-state index in [0.717, 1.165) is 4.57 Å². The highest BCUT2D eigenvalue weighted by Gasteiger charge is 2.23. The number of benzene rings is 1. The summed E-state index contributed by atoms with van der Waals surface area (Å²) >= 11 is 0. The Kier molecular flexibility index (Phi) is 7.62. The molecule has 0 aliphatic heterocycles. The van der Waals surface area contributed by atoms with E-state index < -0.39 is 29.6 Å². The van der Waals surface area contributed by atoms with E-state index in [1.807, 2.05) is 20.8 Å². The molecule has 1 aromatic carbocycles. The number of nitrogen functional groups attached to an aromatic ring is 1. The van der Waals surface area contributed by atoms with Crippen molar-refractivity contribution >= 4 is 17.6 Å². The van der Waals surface area contributed by atoms with Crippen LogP contribution in [0.3, 0.4) is 0 Å². The molecule has 0 amide bonds. The van der Waals surface area contributed by atoms with Gasteiger partial charge in [0.25, 0.3) is 5.56 Å². The van der Waals surface area contributed by atoms with Crippen LogP contribution in [0, 0.1) is 5.92 Å². The number of carbonyl (C=O) groups is 2. The predicted molar refractivity (Wildman–Crippen MR) is 114 cm³/mol. The summed E-state index contributed by atoms with van der Waals surface area (Å²) in [5.74, 6) is -0.997. The molecular formula is C21H27N3O7. The van der Waals surface area contributed by atoms with Crippen LogP contribution in [-0.4, -0.2) is 41.2 Å². The van der Waals surface area contributed by atoms with Gasteiger partial charge in [-0.2, -0.15) is 0 Å². The maximum Gasteiger partial charge on any atom is 0.338 e. The fourth-order valence-corrected chi connectivity index (χ4v) is 2.94. The van der Waals surface area contributed by atoms with Gasteiger partial charge in [-0.15, -0.1) is 0 Å². The van der Waals surface area contributed by atoms with E-state index in [9.17, 15) is 19.2 Å². The Balaban J connectivity index is 2.27. The van der Waals surface area contributed by atoms with Crippen molar-refractivity contribution in [3.8, 4) is 11.5 Å². The number of aromatic nitrogens is 2. The quantitative estimate of drug-likeness (QED) is 0.461. The molecule has 168 valence electrons. The second-order valence-electron chi connectivity index (χ2n) is 7.21. The molecule has 0 unspecified atom stereocenters. The molecule has 2 aromatic rings. The van der Waals surface area contributed by atoms with Gasteiger partial charge in [-0.25, -0.2) is 9.59 Å². The standard InChI is InChI=1S/C21H27N3O7/c1-6-30-15-8-7-13(9-16(15)29-5)20(27)31-11-14(25)17-18(22)24(10-12(2)3)21(28)23(4)19(17)26/h7-9,12H,6,10-11,22H2,1-5H3. The number of hydrogen-bond donors (Lipinski definition) is 1. The zero-order valence-electron chi connectivity index (χ0n) is 18.3. The molecular weight excluding hydrogens is 406 g/mol. The summed E-state index contributed by atoms with van der Waals surface area (Å²) < 4.78 is 17.6. The molecule has 2 N–H and O–H groups in total. The first kappa shape index (κ1) is 23.7. The number of rotatable bonds is 9. The molecule has 0 saturated carbocycles. The average Bonchev–Trinajstić information content (AvgIpc) is 2.74. The maximum absolute atomic E-state index is 12.7. The van der Waals surface area contributed by atoms with E-state index >= 15 is 0 Å². The number of nitrogens with two attached hydrogens (primary N) is 1. The number of methoxy groups -OCH3 is 1. The molecule has 0 aliphatic rings. The van der Waals surface area contributed by atoms with Crippen molar-refractivity contribution in [2.24, 2.45) is 13.0 Å². The number of carbonyl (C=O) groups excluding carboxylic acids is 2. The van der Waals surface area contributed by atoms with Gasteiger partial charge in [-0.05, 0) is 31.0 Å². The molecule has 2 rings (SSSR count). The molecule has 0 atom stereocenters. The average molecular weight is 433 g/mol. The summed E-state index contributed by atoms with van der Waals surface area (Å²) in [5, 5.41) is 0. The number of esters is 1. The Bertz CT molecular complexity index is 1100. The van der Waals surface area contributed by atoms with Crippen molar-refractivity contribution in [3.63, 3.8) is 0 Å². The van der Waals surface area contributed by atoms with Gasteiger partial charge in [0.1, 0.15) is 11.4 Å². The lowest BCUT2D eigenvalue weighted by Crippen LogP contribution is -2.43. The highest BCUT2D eigenvalue weighted by molar-refractivity contribution is 6.02. The lowest BCUT2D eigenvalue weighted by molar-refractivity contribution is 0.0473. The molecule has 1 heterocycles. The molecule has 0 bridgehead atoms. The minimum atomic E-state index is -0.841. The van der Waals surface area contributed by atoms with Crippen LogP contribution < -0.4 is 26.5 Å². The first-order valence-corrected chi connectivity index (χ1v) is 9.72. The molecule has 31 heavy (non-hydrogen) atoms. The van der Waals surface area contributed by atoms with Crippen molar-refractivity contribution in [2.45, 2.75) is 27.3 Å². The van der Waals surface area contributed by atoms with Crippen molar-refractivity contribution < 1.29 is 23.8 Å². The lowest BCUT2D eigenvalue weighted by Gasteiger charge is -2.16. The van der Waals surface area contributed by atoms with Gasteiger partial charge in [0, 0.05) is 13.6 Å². The second-order valence-corrected chi connectivity index (χ2v) is 7.21. The topological polar surface area (TPSA) is 132 Å². The number of anilines is 1. The minimum Gasteiger partial charge on any atom is -0.493 e. The first-order valence-electron chi connectivity index (χ1n) is 9.72. The number of ether oxygens (including phenoxy) is 3. The molecule has 0 spiro atoms. The SMILES string of the molecule is CCOc1ccc(C(=O)OCC(=O)c2c(N)n(CC(C)C)c(=O)n(C)c2=O)cc1OC. The Morgan fingerprint density at radius 1 is 1.16 bits per heavy atom. The third kappa shape index (κ3) is 5.14. The van der Waals surface area contributed by atoms with E-state index in [0.29, 0.717) is 18.1 Å². The monoisotopic (exact) mass is 433 g/mol. The van der Waals surface area contributed by atoms with Crippen molar-refractivity contribution in [2.75, 3.05) is 26.1 Å². The van der Waals surface area contributed by atoms with Crippen LogP contribution in [-0.2, 0) is 18.3 Å². The Hall–Kier alpha value is -3.56. The second kappa shape index (κ2) is 9.96. The summed E-state index contributed by atoms with van der Waals surface area (Å²) in [6, 6.07) is 4.45. The highest BCUT2D eigenvalue weighted by atomic mass is 16.5. The normalized spacial score (nSPS) is 10.8.